The molecule has 2 aromatic heterocycles. The maximum atomic E-state index is 13.3. The van der Waals surface area contributed by atoms with Crippen molar-refractivity contribution in [1.82, 2.24) is 15.5 Å². The smallest absolute Gasteiger partial charge is 0.257 e. The third-order valence-corrected chi connectivity index (χ3v) is 7.16. The SMILES string of the molecule is Cc1nocc1C(=O)NC(C(=O)Nc1ccc(-c2c(Cl)ccnc2C)cc1)[C@H]1C[C@@H]2C[C@@H]2C1. The molecule has 1 aromatic carbocycles. The lowest BCUT2D eigenvalue weighted by Crippen LogP contribution is -2.48. The molecule has 2 aliphatic rings. The van der Waals surface area contributed by atoms with E-state index in [4.69, 9.17) is 16.1 Å². The number of halogens is 1. The molecule has 0 radical (unpaired) electrons. The van der Waals surface area contributed by atoms with Crippen molar-refractivity contribution in [3.05, 3.63) is 64.8 Å². The molecular weight excluding hydrogens is 440 g/mol. The van der Waals surface area contributed by atoms with Crippen LogP contribution in [0.5, 0.6) is 0 Å². The second-order valence-electron chi connectivity index (χ2n) is 9.07. The summed E-state index contributed by atoms with van der Waals surface area (Å²) in [4.78, 5) is 30.4. The Balaban J connectivity index is 1.33. The van der Waals surface area contributed by atoms with Crippen LogP contribution < -0.4 is 10.6 Å². The van der Waals surface area contributed by atoms with Crippen LogP contribution in [0.25, 0.3) is 11.1 Å². The standard InChI is InChI=1S/C25H25ClN4O3/c1-13-20(12-33-30-13)24(31)29-23(18-10-16-9-17(16)11-18)25(32)28-19-5-3-15(4-6-19)22-14(2)27-8-7-21(22)26/h3-8,12,16-18,23H,9-11H2,1-2H3,(H,28,32)(H,29,31)/t16-,17+,18-,23?. The third-order valence-electron chi connectivity index (χ3n) is 6.85. The highest BCUT2D eigenvalue weighted by atomic mass is 35.5. The normalized spacial score (nSPS) is 21.8. The van der Waals surface area contributed by atoms with E-state index in [1.54, 1.807) is 19.2 Å². The second-order valence-corrected chi connectivity index (χ2v) is 9.48. The molecule has 4 atom stereocenters. The van der Waals surface area contributed by atoms with Crippen molar-refractivity contribution in [3.63, 3.8) is 0 Å². The average molecular weight is 465 g/mol. The average Bonchev–Trinajstić information content (AvgIpc) is 3.16. The molecule has 7 nitrogen and oxygen atoms in total. The first-order chi connectivity index (χ1) is 15.9. The summed E-state index contributed by atoms with van der Waals surface area (Å²) in [5.41, 5.74) is 4.14. The van der Waals surface area contributed by atoms with E-state index in [0.717, 1.165) is 29.7 Å². The van der Waals surface area contributed by atoms with E-state index in [2.05, 4.69) is 20.8 Å². The van der Waals surface area contributed by atoms with Crippen LogP contribution in [0.3, 0.4) is 0 Å². The van der Waals surface area contributed by atoms with Gasteiger partial charge in [0.25, 0.3) is 5.91 Å². The quantitative estimate of drug-likeness (QED) is 0.546. The van der Waals surface area contributed by atoms with Crippen LogP contribution in [0.2, 0.25) is 5.02 Å². The third kappa shape index (κ3) is 4.37. The van der Waals surface area contributed by atoms with Crippen LogP contribution in [-0.4, -0.2) is 28.0 Å². The molecule has 2 amide bonds. The van der Waals surface area contributed by atoms with Gasteiger partial charge >= 0.3 is 0 Å². The van der Waals surface area contributed by atoms with Gasteiger partial charge in [-0.25, -0.2) is 0 Å². The Hall–Kier alpha value is -3.19. The molecule has 0 bridgehead atoms. The summed E-state index contributed by atoms with van der Waals surface area (Å²) < 4.78 is 4.89. The lowest BCUT2D eigenvalue weighted by Gasteiger charge is -2.25. The van der Waals surface area contributed by atoms with Gasteiger partial charge in [-0.2, -0.15) is 0 Å². The minimum atomic E-state index is -0.616. The number of nitrogens with one attached hydrogen (secondary N) is 2. The number of hydrogen-bond donors (Lipinski definition) is 2. The van der Waals surface area contributed by atoms with Gasteiger partial charge in [-0.05, 0) is 74.6 Å². The van der Waals surface area contributed by atoms with Crippen LogP contribution in [0.15, 0.2) is 47.3 Å². The molecule has 0 aliphatic heterocycles. The van der Waals surface area contributed by atoms with Crippen molar-refractivity contribution in [2.75, 3.05) is 5.32 Å². The maximum absolute atomic E-state index is 13.3. The Labute approximate surface area is 196 Å². The number of anilines is 1. The Morgan fingerprint density at radius 2 is 1.79 bits per heavy atom. The number of rotatable bonds is 6. The summed E-state index contributed by atoms with van der Waals surface area (Å²) in [5, 5.41) is 10.3. The van der Waals surface area contributed by atoms with Crippen LogP contribution in [0.1, 0.15) is 41.0 Å². The zero-order valence-electron chi connectivity index (χ0n) is 18.5. The highest BCUT2D eigenvalue weighted by molar-refractivity contribution is 6.33. The van der Waals surface area contributed by atoms with Crippen molar-refractivity contribution in [3.8, 4) is 11.1 Å². The number of hydrogen-bond acceptors (Lipinski definition) is 5. The van der Waals surface area contributed by atoms with E-state index in [9.17, 15) is 9.59 Å². The first-order valence-electron chi connectivity index (χ1n) is 11.1. The first kappa shape index (κ1) is 21.6. The van der Waals surface area contributed by atoms with Gasteiger partial charge in [-0.3, -0.25) is 14.6 Å². The van der Waals surface area contributed by atoms with Gasteiger partial charge in [-0.15, -0.1) is 0 Å². The summed E-state index contributed by atoms with van der Waals surface area (Å²) in [6.07, 6.45) is 6.16. The van der Waals surface area contributed by atoms with Crippen molar-refractivity contribution >= 4 is 29.1 Å². The minimum absolute atomic E-state index is 0.119. The van der Waals surface area contributed by atoms with Crippen molar-refractivity contribution in [1.29, 1.82) is 0 Å². The predicted molar refractivity (Wildman–Crippen MR) is 125 cm³/mol. The highest BCUT2D eigenvalue weighted by Crippen LogP contribution is 2.55. The number of pyridine rings is 1. The summed E-state index contributed by atoms with van der Waals surface area (Å²) in [6.45, 7) is 3.61. The fraction of sp³-hybridized carbons (Fsp3) is 0.360. The first-order valence-corrected chi connectivity index (χ1v) is 11.5. The number of carbonyl (C=O) groups is 2. The predicted octanol–water partition coefficient (Wildman–Crippen LogP) is 4.79. The molecule has 2 N–H and O–H groups in total. The summed E-state index contributed by atoms with van der Waals surface area (Å²) in [5.74, 6) is 0.935. The second kappa shape index (κ2) is 8.63. The van der Waals surface area contributed by atoms with Crippen molar-refractivity contribution in [2.45, 2.75) is 39.2 Å². The molecule has 0 saturated heterocycles. The molecule has 2 saturated carbocycles. The zero-order valence-corrected chi connectivity index (χ0v) is 19.2. The fourth-order valence-electron chi connectivity index (χ4n) is 4.98. The molecule has 2 heterocycles. The Bertz CT molecular complexity index is 1180. The van der Waals surface area contributed by atoms with Gasteiger partial charge in [0.2, 0.25) is 5.91 Å². The highest BCUT2D eigenvalue weighted by Gasteiger charge is 2.49. The fourth-order valence-corrected chi connectivity index (χ4v) is 5.29. The van der Waals surface area contributed by atoms with Gasteiger partial charge in [0.1, 0.15) is 17.9 Å². The zero-order chi connectivity index (χ0) is 23.1. The van der Waals surface area contributed by atoms with Crippen LogP contribution in [0, 0.1) is 31.6 Å². The topological polar surface area (TPSA) is 97.1 Å². The Morgan fingerprint density at radius 3 is 2.42 bits per heavy atom. The number of carbonyl (C=O) groups excluding carboxylic acids is 2. The number of aryl methyl sites for hydroxylation is 2. The van der Waals surface area contributed by atoms with E-state index >= 15 is 0 Å². The Kier molecular flexibility index (Phi) is 5.66. The van der Waals surface area contributed by atoms with Crippen LogP contribution in [0.4, 0.5) is 5.69 Å². The lowest BCUT2D eigenvalue weighted by molar-refractivity contribution is -0.119. The van der Waals surface area contributed by atoms with Crippen molar-refractivity contribution < 1.29 is 14.1 Å². The summed E-state index contributed by atoms with van der Waals surface area (Å²) in [7, 11) is 0. The van der Waals surface area contributed by atoms with Crippen LogP contribution >= 0.6 is 11.6 Å². The molecular formula is C25H25ClN4O3. The van der Waals surface area contributed by atoms with Crippen molar-refractivity contribution in [2.24, 2.45) is 17.8 Å². The number of nitrogens with zero attached hydrogens (tertiary/aromatic N) is 2. The van der Waals surface area contributed by atoms with E-state index in [-0.39, 0.29) is 17.7 Å². The molecule has 5 rings (SSSR count). The Morgan fingerprint density at radius 1 is 1.06 bits per heavy atom. The summed E-state index contributed by atoms with van der Waals surface area (Å²) >= 11 is 6.36. The number of amides is 2. The van der Waals surface area contributed by atoms with Gasteiger partial charge in [-0.1, -0.05) is 28.9 Å². The van der Waals surface area contributed by atoms with Crippen LogP contribution in [-0.2, 0) is 4.79 Å². The van der Waals surface area contributed by atoms with Gasteiger partial charge in [0, 0.05) is 23.1 Å². The number of fused-ring (bicyclic) bond motifs is 1. The lowest BCUT2D eigenvalue weighted by atomic mass is 9.93. The molecule has 3 aromatic rings. The molecule has 2 fully saturated rings. The van der Waals surface area contributed by atoms with E-state index in [0.29, 0.717) is 33.8 Å². The van der Waals surface area contributed by atoms with E-state index < -0.39 is 6.04 Å². The maximum Gasteiger partial charge on any atom is 0.257 e. The monoisotopic (exact) mass is 464 g/mol. The van der Waals surface area contributed by atoms with E-state index in [1.165, 1.54) is 12.7 Å². The molecule has 2 aliphatic carbocycles. The molecule has 8 heteroatoms. The molecule has 0 spiro atoms. The minimum Gasteiger partial charge on any atom is -0.364 e. The number of aromatic nitrogens is 2. The van der Waals surface area contributed by atoms with Gasteiger partial charge in [0.15, 0.2) is 0 Å². The molecule has 33 heavy (non-hydrogen) atoms. The molecule has 170 valence electrons. The molecule has 1 unspecified atom stereocenters. The van der Waals surface area contributed by atoms with Gasteiger partial charge in [0.05, 0.1) is 10.7 Å². The number of benzene rings is 1. The largest absolute Gasteiger partial charge is 0.364 e. The van der Waals surface area contributed by atoms with Gasteiger partial charge < -0.3 is 15.2 Å². The van der Waals surface area contributed by atoms with E-state index in [1.807, 2.05) is 31.2 Å². The summed E-state index contributed by atoms with van der Waals surface area (Å²) in [6, 6.07) is 8.63.